The van der Waals surface area contributed by atoms with Gasteiger partial charge in [-0.15, -0.1) is 0 Å². The summed E-state index contributed by atoms with van der Waals surface area (Å²) in [4.78, 5) is 16.9. The normalized spacial score (nSPS) is 22.8. The van der Waals surface area contributed by atoms with Crippen LogP contribution in [-0.4, -0.2) is 32.2 Å². The van der Waals surface area contributed by atoms with Gasteiger partial charge in [0.1, 0.15) is 5.66 Å². The second-order valence-corrected chi connectivity index (χ2v) is 8.68. The Balaban J connectivity index is 1.78. The van der Waals surface area contributed by atoms with E-state index in [1.807, 2.05) is 14.1 Å². The molecule has 4 heteroatoms. The van der Waals surface area contributed by atoms with Crippen molar-refractivity contribution in [1.82, 2.24) is 5.32 Å². The molecule has 4 rings (SSSR count). The number of aryl methyl sites for hydroxylation is 1. The minimum Gasteiger partial charge on any atom is -0.378 e. The molecular formula is C24H29N3O. The first-order chi connectivity index (χ1) is 13.2. The number of nitrogens with zero attached hydrogens (tertiary/aromatic N) is 2. The molecule has 4 nitrogen and oxygen atoms in total. The Kier molecular flexibility index (Phi) is 4.25. The van der Waals surface area contributed by atoms with Crippen LogP contribution in [0.2, 0.25) is 0 Å². The third-order valence-corrected chi connectivity index (χ3v) is 6.31. The maximum atomic E-state index is 12.5. The third-order valence-electron chi connectivity index (χ3n) is 6.31. The molecule has 1 saturated heterocycles. The van der Waals surface area contributed by atoms with Gasteiger partial charge in [0.15, 0.2) is 0 Å². The van der Waals surface area contributed by atoms with Crippen molar-refractivity contribution in [2.75, 3.05) is 30.4 Å². The summed E-state index contributed by atoms with van der Waals surface area (Å²) in [6, 6.07) is 15.1. The first-order valence-electron chi connectivity index (χ1n) is 9.91. The number of hydrogen-bond donors (Lipinski definition) is 1. The van der Waals surface area contributed by atoms with Gasteiger partial charge in [-0.05, 0) is 42.3 Å². The topological polar surface area (TPSA) is 35.6 Å². The van der Waals surface area contributed by atoms with Crippen LogP contribution in [0, 0.1) is 6.92 Å². The Hall–Kier alpha value is -2.75. The van der Waals surface area contributed by atoms with E-state index in [1.165, 1.54) is 22.5 Å². The molecule has 0 bridgehead atoms. The van der Waals surface area contributed by atoms with Crippen LogP contribution in [0.3, 0.4) is 0 Å². The monoisotopic (exact) mass is 375 g/mol. The highest BCUT2D eigenvalue weighted by molar-refractivity contribution is 5.84. The van der Waals surface area contributed by atoms with E-state index in [1.54, 1.807) is 0 Å². The second-order valence-electron chi connectivity index (χ2n) is 8.68. The first kappa shape index (κ1) is 18.6. The molecule has 2 aromatic rings. The van der Waals surface area contributed by atoms with Crippen molar-refractivity contribution in [2.45, 2.75) is 38.3 Å². The van der Waals surface area contributed by atoms with Crippen molar-refractivity contribution < 1.29 is 4.79 Å². The van der Waals surface area contributed by atoms with E-state index in [2.05, 4.69) is 90.5 Å². The fourth-order valence-corrected chi connectivity index (χ4v) is 4.57. The number of amides is 1. The summed E-state index contributed by atoms with van der Waals surface area (Å²) in [5, 5.41) is 3.34. The molecule has 0 spiro atoms. The summed E-state index contributed by atoms with van der Waals surface area (Å²) < 4.78 is 0. The van der Waals surface area contributed by atoms with Crippen LogP contribution in [0.1, 0.15) is 37.0 Å². The molecule has 146 valence electrons. The molecule has 1 fully saturated rings. The van der Waals surface area contributed by atoms with Gasteiger partial charge in [-0.1, -0.05) is 49.8 Å². The van der Waals surface area contributed by atoms with Gasteiger partial charge in [0.2, 0.25) is 5.91 Å². The summed E-state index contributed by atoms with van der Waals surface area (Å²) in [6.45, 7) is 7.32. The first-order valence-corrected chi connectivity index (χ1v) is 9.91. The lowest BCUT2D eigenvalue weighted by Crippen LogP contribution is -2.68. The smallest absolute Gasteiger partial charge is 0.223 e. The van der Waals surface area contributed by atoms with Crippen molar-refractivity contribution in [3.05, 3.63) is 65.2 Å². The molecule has 0 unspecified atom stereocenters. The quantitative estimate of drug-likeness (QED) is 0.878. The SMILES string of the molecule is Cc1ccc2c(c1)C(C)(C)[C@]1(C=Cc3ccc(N(C)C)cc3)NC(=O)CCN21. The third kappa shape index (κ3) is 2.70. The largest absolute Gasteiger partial charge is 0.378 e. The fourth-order valence-electron chi connectivity index (χ4n) is 4.57. The lowest BCUT2D eigenvalue weighted by atomic mass is 9.74. The maximum absolute atomic E-state index is 12.5. The number of anilines is 2. The van der Waals surface area contributed by atoms with Gasteiger partial charge in [-0.25, -0.2) is 0 Å². The van der Waals surface area contributed by atoms with Crippen molar-refractivity contribution in [3.63, 3.8) is 0 Å². The Morgan fingerprint density at radius 1 is 1.11 bits per heavy atom. The zero-order valence-electron chi connectivity index (χ0n) is 17.4. The highest BCUT2D eigenvalue weighted by Gasteiger charge is 2.57. The molecule has 2 heterocycles. The van der Waals surface area contributed by atoms with E-state index in [4.69, 9.17) is 0 Å². The average Bonchev–Trinajstić information content (AvgIpc) is 2.84. The van der Waals surface area contributed by atoms with Crippen LogP contribution < -0.4 is 15.1 Å². The summed E-state index contributed by atoms with van der Waals surface area (Å²) in [6.07, 6.45) is 4.85. The van der Waals surface area contributed by atoms with Crippen LogP contribution in [0.25, 0.3) is 6.08 Å². The van der Waals surface area contributed by atoms with Gasteiger partial charge in [-0.2, -0.15) is 0 Å². The minimum absolute atomic E-state index is 0.112. The molecule has 1 atom stereocenters. The summed E-state index contributed by atoms with van der Waals surface area (Å²) in [7, 11) is 4.08. The van der Waals surface area contributed by atoms with E-state index in [0.717, 1.165) is 12.1 Å². The van der Waals surface area contributed by atoms with Gasteiger partial charge in [0.25, 0.3) is 0 Å². The Morgan fingerprint density at radius 3 is 2.50 bits per heavy atom. The van der Waals surface area contributed by atoms with Crippen molar-refractivity contribution >= 4 is 23.4 Å². The van der Waals surface area contributed by atoms with Crippen LogP contribution in [0.15, 0.2) is 48.5 Å². The Labute approximate surface area is 167 Å². The Bertz CT molecular complexity index is 943. The molecule has 0 aliphatic carbocycles. The summed E-state index contributed by atoms with van der Waals surface area (Å²) in [5.74, 6) is 0.112. The predicted molar refractivity (Wildman–Crippen MR) is 117 cm³/mol. The molecule has 2 aliphatic rings. The van der Waals surface area contributed by atoms with E-state index >= 15 is 0 Å². The fraction of sp³-hybridized carbons (Fsp3) is 0.375. The lowest BCUT2D eigenvalue weighted by molar-refractivity contribution is -0.124. The molecule has 0 saturated carbocycles. The van der Waals surface area contributed by atoms with Gasteiger partial charge >= 0.3 is 0 Å². The minimum atomic E-state index is -0.557. The molecule has 2 aromatic carbocycles. The maximum Gasteiger partial charge on any atom is 0.223 e. The summed E-state index contributed by atoms with van der Waals surface area (Å²) in [5.41, 5.74) is 5.26. The number of fused-ring (bicyclic) bond motifs is 3. The standard InChI is InChI=1S/C24H29N3O/c1-17-6-11-21-20(16-17)23(2,3)24(25-22(28)13-15-27(21)24)14-12-18-7-9-19(10-8-18)26(4)5/h6-12,14,16H,13,15H2,1-5H3,(H,25,28)/t24-/m1/s1. The van der Waals surface area contributed by atoms with Gasteiger partial charge in [0, 0.05) is 43.9 Å². The van der Waals surface area contributed by atoms with Gasteiger partial charge in [-0.3, -0.25) is 4.79 Å². The van der Waals surface area contributed by atoms with Crippen molar-refractivity contribution in [3.8, 4) is 0 Å². The molecule has 2 aliphatic heterocycles. The van der Waals surface area contributed by atoms with Crippen molar-refractivity contribution in [1.29, 1.82) is 0 Å². The number of nitrogens with one attached hydrogen (secondary N) is 1. The number of hydrogen-bond acceptors (Lipinski definition) is 3. The molecule has 0 aromatic heterocycles. The molecule has 1 N–H and O–H groups in total. The molecule has 0 radical (unpaired) electrons. The van der Waals surface area contributed by atoms with Crippen molar-refractivity contribution in [2.24, 2.45) is 0 Å². The highest BCUT2D eigenvalue weighted by Crippen LogP contribution is 2.52. The van der Waals surface area contributed by atoms with Gasteiger partial charge < -0.3 is 15.1 Å². The van der Waals surface area contributed by atoms with Crippen LogP contribution in [0.5, 0.6) is 0 Å². The number of rotatable bonds is 3. The Morgan fingerprint density at radius 2 is 1.82 bits per heavy atom. The van der Waals surface area contributed by atoms with E-state index in [9.17, 15) is 4.79 Å². The lowest BCUT2D eigenvalue weighted by Gasteiger charge is -2.49. The molecule has 28 heavy (non-hydrogen) atoms. The van der Waals surface area contributed by atoms with E-state index in [0.29, 0.717) is 6.42 Å². The zero-order valence-corrected chi connectivity index (χ0v) is 17.4. The second kappa shape index (κ2) is 6.40. The van der Waals surface area contributed by atoms with E-state index < -0.39 is 5.66 Å². The predicted octanol–water partition coefficient (Wildman–Crippen LogP) is 4.09. The average molecular weight is 376 g/mol. The number of carbonyl (C=O) groups excluding carboxylic acids is 1. The zero-order chi connectivity index (χ0) is 20.1. The van der Waals surface area contributed by atoms with E-state index in [-0.39, 0.29) is 11.3 Å². The van der Waals surface area contributed by atoms with Gasteiger partial charge in [0.05, 0.1) is 0 Å². The molecule has 1 amide bonds. The molecular weight excluding hydrogens is 346 g/mol. The number of benzene rings is 2. The van der Waals surface area contributed by atoms with Crippen LogP contribution >= 0.6 is 0 Å². The highest BCUT2D eigenvalue weighted by atomic mass is 16.2. The number of carbonyl (C=O) groups is 1. The van der Waals surface area contributed by atoms with Crippen LogP contribution in [0.4, 0.5) is 11.4 Å². The summed E-state index contributed by atoms with van der Waals surface area (Å²) >= 11 is 0. The van der Waals surface area contributed by atoms with Crippen LogP contribution in [-0.2, 0) is 10.2 Å².